The van der Waals surface area contributed by atoms with Gasteiger partial charge in [-0.1, -0.05) is 11.6 Å². The molecule has 0 aliphatic rings. The van der Waals surface area contributed by atoms with Crippen molar-refractivity contribution in [2.45, 2.75) is 20.0 Å². The molecule has 1 aromatic carbocycles. The van der Waals surface area contributed by atoms with E-state index >= 15 is 0 Å². The summed E-state index contributed by atoms with van der Waals surface area (Å²) in [7, 11) is 0. The minimum Gasteiger partial charge on any atom is -0.378 e. The number of nitrogens with zero attached hydrogens (tertiary/aromatic N) is 5. The molecule has 6 nitrogen and oxygen atoms in total. The first-order valence-electron chi connectivity index (χ1n) is 6.68. The molecule has 0 atom stereocenters. The maximum atomic E-state index is 6.24. The molecule has 0 spiro atoms. The number of hydrogen-bond donors (Lipinski definition) is 1. The summed E-state index contributed by atoms with van der Waals surface area (Å²) < 4.78 is 3.78. The van der Waals surface area contributed by atoms with Gasteiger partial charge in [0, 0.05) is 18.4 Å². The average Bonchev–Trinajstić information content (AvgIpc) is 3.17. The standard InChI is InChI=1S/C14H15ClN6/c1-2-20-7-3-4-12(20)9-16-14-8-11(5-6-13(14)15)21-10-17-18-19-21/h3-8,10,16H,2,9H2,1H3. The van der Waals surface area contributed by atoms with Crippen LogP contribution in [0.15, 0.2) is 42.9 Å². The van der Waals surface area contributed by atoms with Crippen LogP contribution in [0.3, 0.4) is 0 Å². The Hall–Kier alpha value is -2.34. The average molecular weight is 303 g/mol. The second-order valence-electron chi connectivity index (χ2n) is 4.56. The van der Waals surface area contributed by atoms with Crippen LogP contribution in [0.2, 0.25) is 5.02 Å². The lowest BCUT2D eigenvalue weighted by Crippen LogP contribution is -2.07. The van der Waals surface area contributed by atoms with Crippen molar-refractivity contribution in [1.29, 1.82) is 0 Å². The summed E-state index contributed by atoms with van der Waals surface area (Å²) in [6.45, 7) is 3.77. The molecule has 1 N–H and O–H groups in total. The van der Waals surface area contributed by atoms with Crippen molar-refractivity contribution >= 4 is 17.3 Å². The largest absolute Gasteiger partial charge is 0.378 e. The molecule has 0 saturated heterocycles. The number of halogens is 1. The molecular weight excluding hydrogens is 288 g/mol. The maximum absolute atomic E-state index is 6.24. The zero-order valence-corrected chi connectivity index (χ0v) is 12.3. The third-order valence-corrected chi connectivity index (χ3v) is 3.62. The number of nitrogens with one attached hydrogen (secondary N) is 1. The Balaban J connectivity index is 1.80. The molecule has 3 rings (SSSR count). The topological polar surface area (TPSA) is 60.6 Å². The van der Waals surface area contributed by atoms with E-state index in [1.54, 1.807) is 11.0 Å². The van der Waals surface area contributed by atoms with Gasteiger partial charge in [-0.15, -0.1) is 5.10 Å². The minimum atomic E-state index is 0.668. The van der Waals surface area contributed by atoms with E-state index in [9.17, 15) is 0 Å². The van der Waals surface area contributed by atoms with E-state index in [-0.39, 0.29) is 0 Å². The third-order valence-electron chi connectivity index (χ3n) is 3.29. The fourth-order valence-electron chi connectivity index (χ4n) is 2.18. The van der Waals surface area contributed by atoms with Crippen molar-refractivity contribution in [2.75, 3.05) is 5.32 Å². The van der Waals surface area contributed by atoms with Crippen molar-refractivity contribution in [3.8, 4) is 5.69 Å². The number of aromatic nitrogens is 5. The Bertz CT molecular complexity index is 719. The Morgan fingerprint density at radius 2 is 2.19 bits per heavy atom. The highest BCUT2D eigenvalue weighted by molar-refractivity contribution is 6.33. The lowest BCUT2D eigenvalue weighted by molar-refractivity contribution is 0.724. The summed E-state index contributed by atoms with van der Waals surface area (Å²) in [5, 5.41) is 15.2. The Kier molecular flexibility index (Phi) is 3.87. The zero-order chi connectivity index (χ0) is 14.7. The lowest BCUT2D eigenvalue weighted by Gasteiger charge is -2.12. The third kappa shape index (κ3) is 2.90. The highest BCUT2D eigenvalue weighted by atomic mass is 35.5. The number of rotatable bonds is 5. The van der Waals surface area contributed by atoms with Gasteiger partial charge in [0.1, 0.15) is 6.33 Å². The van der Waals surface area contributed by atoms with Gasteiger partial charge in [0.05, 0.1) is 22.9 Å². The van der Waals surface area contributed by atoms with E-state index in [0.29, 0.717) is 11.6 Å². The van der Waals surface area contributed by atoms with Gasteiger partial charge < -0.3 is 9.88 Å². The molecule has 7 heteroatoms. The smallest absolute Gasteiger partial charge is 0.143 e. The molecule has 0 bridgehead atoms. The predicted octanol–water partition coefficient (Wildman–Crippen LogP) is 2.75. The molecule has 21 heavy (non-hydrogen) atoms. The molecule has 0 aliphatic carbocycles. The molecule has 0 aliphatic heterocycles. The molecule has 3 aromatic rings. The SMILES string of the molecule is CCn1cccc1CNc1cc(-n2cnnn2)ccc1Cl. The summed E-state index contributed by atoms with van der Waals surface area (Å²) in [5.74, 6) is 0. The molecule has 108 valence electrons. The van der Waals surface area contributed by atoms with Crippen LogP contribution in [0.1, 0.15) is 12.6 Å². The van der Waals surface area contributed by atoms with Gasteiger partial charge in [0.25, 0.3) is 0 Å². The van der Waals surface area contributed by atoms with Crippen LogP contribution in [0, 0.1) is 0 Å². The first kappa shape index (κ1) is 13.6. The van der Waals surface area contributed by atoms with E-state index in [1.165, 1.54) is 5.69 Å². The lowest BCUT2D eigenvalue weighted by atomic mass is 10.2. The van der Waals surface area contributed by atoms with E-state index in [4.69, 9.17) is 11.6 Å². The zero-order valence-electron chi connectivity index (χ0n) is 11.6. The molecule has 0 amide bonds. The Labute approximate surface area is 127 Å². The van der Waals surface area contributed by atoms with E-state index in [1.807, 2.05) is 24.3 Å². The van der Waals surface area contributed by atoms with Gasteiger partial charge in [0.2, 0.25) is 0 Å². The number of hydrogen-bond acceptors (Lipinski definition) is 4. The molecular formula is C14H15ClN6. The summed E-state index contributed by atoms with van der Waals surface area (Å²) in [4.78, 5) is 0. The summed E-state index contributed by atoms with van der Waals surface area (Å²) in [6.07, 6.45) is 3.62. The van der Waals surface area contributed by atoms with Gasteiger partial charge in [-0.25, -0.2) is 4.68 Å². The predicted molar refractivity (Wildman–Crippen MR) is 81.6 cm³/mol. The van der Waals surface area contributed by atoms with Crippen molar-refractivity contribution in [3.63, 3.8) is 0 Å². The van der Waals surface area contributed by atoms with Crippen molar-refractivity contribution in [1.82, 2.24) is 24.8 Å². The van der Waals surface area contributed by atoms with Crippen LogP contribution in [-0.4, -0.2) is 24.8 Å². The Morgan fingerprint density at radius 1 is 1.29 bits per heavy atom. The van der Waals surface area contributed by atoms with Crippen LogP contribution in [0.5, 0.6) is 0 Å². The normalized spacial score (nSPS) is 10.8. The molecule has 0 fully saturated rings. The Morgan fingerprint density at radius 3 is 2.95 bits per heavy atom. The fraction of sp³-hybridized carbons (Fsp3) is 0.214. The molecule has 0 radical (unpaired) electrons. The fourth-order valence-corrected chi connectivity index (χ4v) is 2.36. The van der Waals surface area contributed by atoms with E-state index in [0.717, 1.165) is 17.9 Å². The molecule has 2 heterocycles. The van der Waals surface area contributed by atoms with Gasteiger partial charge in [-0.2, -0.15) is 0 Å². The second-order valence-corrected chi connectivity index (χ2v) is 4.96. The first-order valence-corrected chi connectivity index (χ1v) is 7.06. The van der Waals surface area contributed by atoms with E-state index in [2.05, 4.69) is 44.6 Å². The van der Waals surface area contributed by atoms with Gasteiger partial charge in [-0.3, -0.25) is 0 Å². The summed E-state index contributed by atoms with van der Waals surface area (Å²) >= 11 is 6.24. The maximum Gasteiger partial charge on any atom is 0.143 e. The second kappa shape index (κ2) is 5.97. The van der Waals surface area contributed by atoms with Crippen LogP contribution >= 0.6 is 11.6 Å². The highest BCUT2D eigenvalue weighted by Crippen LogP contribution is 2.25. The van der Waals surface area contributed by atoms with E-state index < -0.39 is 0 Å². The quantitative estimate of drug-likeness (QED) is 0.787. The van der Waals surface area contributed by atoms with Crippen LogP contribution in [0.4, 0.5) is 5.69 Å². The summed E-state index contributed by atoms with van der Waals surface area (Å²) in [6, 6.07) is 9.77. The highest BCUT2D eigenvalue weighted by Gasteiger charge is 2.06. The number of benzene rings is 1. The van der Waals surface area contributed by atoms with Crippen molar-refractivity contribution < 1.29 is 0 Å². The van der Waals surface area contributed by atoms with Gasteiger partial charge >= 0.3 is 0 Å². The summed E-state index contributed by atoms with van der Waals surface area (Å²) in [5.41, 5.74) is 2.92. The van der Waals surface area contributed by atoms with Crippen LogP contribution in [-0.2, 0) is 13.1 Å². The van der Waals surface area contributed by atoms with Crippen LogP contribution in [0.25, 0.3) is 5.69 Å². The minimum absolute atomic E-state index is 0.668. The number of tetrazole rings is 1. The molecule has 0 unspecified atom stereocenters. The first-order chi connectivity index (χ1) is 10.3. The van der Waals surface area contributed by atoms with Gasteiger partial charge in [-0.05, 0) is 47.7 Å². The van der Waals surface area contributed by atoms with Crippen molar-refractivity contribution in [2.24, 2.45) is 0 Å². The number of anilines is 1. The van der Waals surface area contributed by atoms with Crippen molar-refractivity contribution in [3.05, 3.63) is 53.6 Å². The van der Waals surface area contributed by atoms with Gasteiger partial charge in [0.15, 0.2) is 0 Å². The molecule has 0 saturated carbocycles. The monoisotopic (exact) mass is 302 g/mol. The molecule has 2 aromatic heterocycles. The van der Waals surface area contributed by atoms with Crippen LogP contribution < -0.4 is 5.32 Å². The number of aryl methyl sites for hydroxylation is 1.